The Morgan fingerprint density at radius 3 is 1.39 bits per heavy atom. The summed E-state index contributed by atoms with van der Waals surface area (Å²) in [5.74, 6) is 1.13. The average molecular weight is 466 g/mol. The van der Waals surface area contributed by atoms with Gasteiger partial charge in [-0.2, -0.15) is 0 Å². The topological polar surface area (TPSA) is 38.7 Å². The maximum absolute atomic E-state index is 9.65. The Morgan fingerprint density at radius 1 is 0.722 bits per heavy atom. The second-order valence-electron chi connectivity index (χ2n) is 3.45. The van der Waals surface area contributed by atoms with Gasteiger partial charge in [-0.15, -0.1) is 0 Å². The molecule has 0 aliphatic carbocycles. The molecule has 0 spiro atoms. The maximum Gasteiger partial charge on any atom is 0.785 e. The standard InChI is InChI=1S/C12H9BI2O3/c14-9-1-5-11(6-2-9)17-13(16)18-12-7-3-10(15)4-8-12/h1-8,16H. The summed E-state index contributed by atoms with van der Waals surface area (Å²) in [6.45, 7) is 0. The largest absolute Gasteiger partial charge is 0.785 e. The zero-order chi connectivity index (χ0) is 13.0. The molecule has 2 aromatic carbocycles. The molecule has 92 valence electrons. The lowest BCUT2D eigenvalue weighted by molar-refractivity contribution is 0.298. The quantitative estimate of drug-likeness (QED) is 0.556. The van der Waals surface area contributed by atoms with Crippen molar-refractivity contribution in [2.45, 2.75) is 0 Å². The van der Waals surface area contributed by atoms with Gasteiger partial charge in [-0.3, -0.25) is 0 Å². The summed E-state index contributed by atoms with van der Waals surface area (Å²) in [6.07, 6.45) is 0. The van der Waals surface area contributed by atoms with Gasteiger partial charge in [0.05, 0.1) is 0 Å². The van der Waals surface area contributed by atoms with Crippen molar-refractivity contribution in [3.63, 3.8) is 0 Å². The first-order valence-corrected chi connectivity index (χ1v) is 7.32. The van der Waals surface area contributed by atoms with E-state index in [1.807, 2.05) is 24.3 Å². The Labute approximate surface area is 133 Å². The van der Waals surface area contributed by atoms with E-state index in [1.165, 1.54) is 0 Å². The normalized spacial score (nSPS) is 9.94. The van der Waals surface area contributed by atoms with E-state index in [0.29, 0.717) is 11.5 Å². The molecule has 0 saturated heterocycles. The van der Waals surface area contributed by atoms with Crippen molar-refractivity contribution in [2.75, 3.05) is 0 Å². The van der Waals surface area contributed by atoms with E-state index in [-0.39, 0.29) is 0 Å². The van der Waals surface area contributed by atoms with Crippen LogP contribution in [0.3, 0.4) is 0 Å². The Balaban J connectivity index is 1.94. The minimum atomic E-state index is -1.31. The van der Waals surface area contributed by atoms with Crippen LogP contribution in [0.2, 0.25) is 0 Å². The Bertz CT molecular complexity index is 454. The predicted octanol–water partition coefficient (Wildman–Crippen LogP) is 3.33. The molecule has 6 heteroatoms. The molecule has 0 saturated carbocycles. The van der Waals surface area contributed by atoms with Crippen LogP contribution in [0, 0.1) is 7.14 Å². The van der Waals surface area contributed by atoms with Gasteiger partial charge in [-0.1, -0.05) is 0 Å². The molecule has 18 heavy (non-hydrogen) atoms. The lowest BCUT2D eigenvalue weighted by Crippen LogP contribution is -2.29. The van der Waals surface area contributed by atoms with Gasteiger partial charge in [0.2, 0.25) is 0 Å². The summed E-state index contributed by atoms with van der Waals surface area (Å²) < 4.78 is 12.7. The second-order valence-corrected chi connectivity index (χ2v) is 5.94. The van der Waals surface area contributed by atoms with Crippen LogP contribution in [0.4, 0.5) is 0 Å². The van der Waals surface area contributed by atoms with Crippen molar-refractivity contribution >= 4 is 52.5 Å². The highest BCUT2D eigenvalue weighted by Crippen LogP contribution is 2.17. The molecule has 2 aromatic rings. The van der Waals surface area contributed by atoms with E-state index in [9.17, 15) is 5.02 Å². The number of rotatable bonds is 4. The van der Waals surface area contributed by atoms with E-state index in [1.54, 1.807) is 24.3 Å². The summed E-state index contributed by atoms with van der Waals surface area (Å²) >= 11 is 4.40. The van der Waals surface area contributed by atoms with Crippen molar-refractivity contribution < 1.29 is 14.3 Å². The Hall–Kier alpha value is -0.475. The number of hydrogen-bond acceptors (Lipinski definition) is 3. The summed E-state index contributed by atoms with van der Waals surface area (Å²) in [5.41, 5.74) is 0. The first-order valence-electron chi connectivity index (χ1n) is 5.16. The molecule has 0 aliphatic rings. The van der Waals surface area contributed by atoms with Crippen molar-refractivity contribution in [1.82, 2.24) is 0 Å². The van der Waals surface area contributed by atoms with Crippen LogP contribution in [-0.2, 0) is 0 Å². The van der Waals surface area contributed by atoms with Crippen molar-refractivity contribution in [3.05, 3.63) is 55.7 Å². The first kappa shape index (κ1) is 13.9. The van der Waals surface area contributed by atoms with Gasteiger partial charge in [0.1, 0.15) is 11.5 Å². The van der Waals surface area contributed by atoms with Gasteiger partial charge in [-0.25, -0.2) is 0 Å². The molecular formula is C12H9BI2O3. The van der Waals surface area contributed by atoms with Gasteiger partial charge in [0, 0.05) is 7.14 Å². The second kappa shape index (κ2) is 6.62. The number of hydrogen-bond donors (Lipinski definition) is 1. The number of halogens is 2. The van der Waals surface area contributed by atoms with E-state index in [0.717, 1.165) is 7.14 Å². The average Bonchev–Trinajstić information content (AvgIpc) is 2.35. The highest BCUT2D eigenvalue weighted by molar-refractivity contribution is 14.1. The third kappa shape index (κ3) is 4.32. The summed E-state index contributed by atoms with van der Waals surface area (Å²) in [4.78, 5) is 0. The highest BCUT2D eigenvalue weighted by atomic mass is 127. The highest BCUT2D eigenvalue weighted by Gasteiger charge is 2.20. The molecule has 0 unspecified atom stereocenters. The van der Waals surface area contributed by atoms with Crippen LogP contribution in [0.5, 0.6) is 11.5 Å². The Morgan fingerprint density at radius 2 is 1.06 bits per heavy atom. The fourth-order valence-corrected chi connectivity index (χ4v) is 2.00. The minimum absolute atomic E-state index is 0.563. The molecule has 0 aromatic heterocycles. The van der Waals surface area contributed by atoms with Crippen LogP contribution in [0.25, 0.3) is 0 Å². The monoisotopic (exact) mass is 466 g/mol. The third-order valence-corrected chi connectivity index (χ3v) is 3.54. The lowest BCUT2D eigenvalue weighted by Gasteiger charge is -2.11. The first-order chi connectivity index (χ1) is 8.63. The molecule has 2 rings (SSSR count). The van der Waals surface area contributed by atoms with E-state index in [4.69, 9.17) is 9.31 Å². The van der Waals surface area contributed by atoms with Crippen molar-refractivity contribution in [1.29, 1.82) is 0 Å². The summed E-state index contributed by atoms with van der Waals surface area (Å²) in [5, 5.41) is 9.65. The van der Waals surface area contributed by atoms with Crippen LogP contribution in [0.1, 0.15) is 0 Å². The molecule has 3 nitrogen and oxygen atoms in total. The smallest absolute Gasteiger partial charge is 0.501 e. The third-order valence-electron chi connectivity index (χ3n) is 2.10. The summed E-state index contributed by atoms with van der Waals surface area (Å²) in [6, 6.07) is 14.7. The number of benzene rings is 2. The van der Waals surface area contributed by atoms with Gasteiger partial charge in [0.15, 0.2) is 0 Å². The van der Waals surface area contributed by atoms with Crippen LogP contribution in [0.15, 0.2) is 48.5 Å². The maximum atomic E-state index is 9.65. The zero-order valence-corrected chi connectivity index (χ0v) is 13.5. The lowest BCUT2D eigenvalue weighted by atomic mass is 10.2. The molecule has 0 bridgehead atoms. The molecule has 0 fully saturated rings. The fourth-order valence-electron chi connectivity index (χ4n) is 1.28. The summed E-state index contributed by atoms with van der Waals surface area (Å²) in [7, 11) is -1.31. The van der Waals surface area contributed by atoms with Gasteiger partial charge >= 0.3 is 7.32 Å². The molecule has 0 amide bonds. The predicted molar refractivity (Wildman–Crippen MR) is 87.5 cm³/mol. The van der Waals surface area contributed by atoms with Crippen LogP contribution in [-0.4, -0.2) is 12.3 Å². The van der Waals surface area contributed by atoms with Crippen molar-refractivity contribution in [3.8, 4) is 11.5 Å². The molecule has 0 aliphatic heterocycles. The van der Waals surface area contributed by atoms with Crippen molar-refractivity contribution in [2.24, 2.45) is 0 Å². The van der Waals surface area contributed by atoms with Gasteiger partial charge in [-0.05, 0) is 93.7 Å². The molecular weight excluding hydrogens is 457 g/mol. The van der Waals surface area contributed by atoms with Crippen LogP contribution >= 0.6 is 45.2 Å². The van der Waals surface area contributed by atoms with E-state index in [2.05, 4.69) is 45.2 Å². The van der Waals surface area contributed by atoms with Crippen LogP contribution < -0.4 is 9.31 Å². The van der Waals surface area contributed by atoms with E-state index < -0.39 is 7.32 Å². The Kier molecular flexibility index (Phi) is 5.13. The van der Waals surface area contributed by atoms with Gasteiger partial charge in [0.25, 0.3) is 0 Å². The zero-order valence-electron chi connectivity index (χ0n) is 9.22. The molecule has 0 atom stereocenters. The molecule has 0 radical (unpaired) electrons. The molecule has 0 heterocycles. The SMILES string of the molecule is OB(Oc1ccc(I)cc1)Oc1ccc(I)cc1. The fraction of sp³-hybridized carbons (Fsp3) is 0. The minimum Gasteiger partial charge on any atom is -0.501 e. The van der Waals surface area contributed by atoms with E-state index >= 15 is 0 Å². The van der Waals surface area contributed by atoms with Gasteiger partial charge < -0.3 is 14.3 Å². The molecule has 1 N–H and O–H groups in total.